The molecule has 0 atom stereocenters. The second-order valence-corrected chi connectivity index (χ2v) is 5.66. The lowest BCUT2D eigenvalue weighted by Gasteiger charge is -2.16. The maximum atomic E-state index is 13.0. The molecule has 0 bridgehead atoms. The molecule has 23 heavy (non-hydrogen) atoms. The third kappa shape index (κ3) is 4.84. The average Bonchev–Trinajstić information content (AvgIpc) is 2.49. The van der Waals surface area contributed by atoms with Gasteiger partial charge >= 0.3 is 6.18 Å². The lowest BCUT2D eigenvalue weighted by Crippen LogP contribution is -2.21. The Balaban J connectivity index is 2.13. The zero-order valence-electron chi connectivity index (χ0n) is 12.2. The zero-order chi connectivity index (χ0) is 17.0. The Bertz CT molecular complexity index is 699. The van der Waals surface area contributed by atoms with Crippen molar-refractivity contribution in [3.05, 3.63) is 58.6 Å². The van der Waals surface area contributed by atoms with Gasteiger partial charge in [0.05, 0.1) is 11.3 Å². The molecule has 0 aliphatic rings. The molecule has 0 amide bonds. The predicted molar refractivity (Wildman–Crippen MR) is 92.1 cm³/mol. The van der Waals surface area contributed by atoms with Crippen molar-refractivity contribution in [3.8, 4) is 0 Å². The number of aryl methyl sites for hydroxylation is 1. The van der Waals surface area contributed by atoms with Crippen LogP contribution in [-0.2, 0) is 12.6 Å². The Morgan fingerprint density at radius 1 is 1.09 bits per heavy atom. The molecule has 0 radical (unpaired) electrons. The van der Waals surface area contributed by atoms with E-state index in [1.54, 1.807) is 0 Å². The highest BCUT2D eigenvalue weighted by Gasteiger charge is 2.34. The second-order valence-electron chi connectivity index (χ2n) is 4.82. The van der Waals surface area contributed by atoms with Crippen molar-refractivity contribution < 1.29 is 13.2 Å². The standard InChI is InChI=1S/C16H14ClF3N2S/c1-2-10-3-6-12(7-4-10)21-15(23)22-14-8-5-11(17)9-13(14)16(18,19)20/h3-9H,2H2,1H3,(H2,21,22,23). The zero-order valence-corrected chi connectivity index (χ0v) is 13.7. The van der Waals surface area contributed by atoms with E-state index < -0.39 is 11.7 Å². The molecule has 0 fully saturated rings. The van der Waals surface area contributed by atoms with Crippen LogP contribution in [-0.4, -0.2) is 5.11 Å². The first-order chi connectivity index (χ1) is 10.8. The third-order valence-electron chi connectivity index (χ3n) is 3.16. The van der Waals surface area contributed by atoms with E-state index in [1.807, 2.05) is 31.2 Å². The van der Waals surface area contributed by atoms with Gasteiger partial charge in [0.25, 0.3) is 0 Å². The molecule has 0 unspecified atom stereocenters. The van der Waals surface area contributed by atoms with Gasteiger partial charge in [-0.25, -0.2) is 0 Å². The van der Waals surface area contributed by atoms with Crippen LogP contribution in [0.5, 0.6) is 0 Å². The molecule has 2 aromatic rings. The van der Waals surface area contributed by atoms with Crippen LogP contribution in [0.2, 0.25) is 5.02 Å². The summed E-state index contributed by atoms with van der Waals surface area (Å²) in [5.74, 6) is 0. The number of benzene rings is 2. The molecular weight excluding hydrogens is 345 g/mol. The van der Waals surface area contributed by atoms with Gasteiger partial charge in [-0.3, -0.25) is 0 Å². The Labute approximate surface area is 142 Å². The topological polar surface area (TPSA) is 24.1 Å². The van der Waals surface area contributed by atoms with Crippen molar-refractivity contribution in [1.82, 2.24) is 0 Å². The summed E-state index contributed by atoms with van der Waals surface area (Å²) in [4.78, 5) is 0. The molecule has 2 nitrogen and oxygen atoms in total. The van der Waals surface area contributed by atoms with Gasteiger partial charge < -0.3 is 10.6 Å². The lowest BCUT2D eigenvalue weighted by molar-refractivity contribution is -0.136. The van der Waals surface area contributed by atoms with E-state index >= 15 is 0 Å². The predicted octanol–water partition coefficient (Wildman–Crippen LogP) is 5.73. The first-order valence-corrected chi connectivity index (χ1v) is 7.62. The molecule has 2 aromatic carbocycles. The maximum absolute atomic E-state index is 13.0. The monoisotopic (exact) mass is 358 g/mol. The number of anilines is 2. The van der Waals surface area contributed by atoms with E-state index in [0.717, 1.165) is 18.1 Å². The Kier molecular flexibility index (Phi) is 5.49. The van der Waals surface area contributed by atoms with Crippen LogP contribution in [0.3, 0.4) is 0 Å². The van der Waals surface area contributed by atoms with Crippen molar-refractivity contribution in [3.63, 3.8) is 0 Å². The summed E-state index contributed by atoms with van der Waals surface area (Å²) in [5, 5.41) is 5.50. The minimum atomic E-state index is -4.52. The van der Waals surface area contributed by atoms with Gasteiger partial charge in [-0.05, 0) is 54.5 Å². The minimum Gasteiger partial charge on any atom is -0.332 e. The number of nitrogens with one attached hydrogen (secondary N) is 2. The van der Waals surface area contributed by atoms with Gasteiger partial charge in [0, 0.05) is 10.7 Å². The van der Waals surface area contributed by atoms with Crippen LogP contribution < -0.4 is 10.6 Å². The summed E-state index contributed by atoms with van der Waals surface area (Å²) in [6.07, 6.45) is -3.62. The van der Waals surface area contributed by atoms with Crippen LogP contribution in [0.15, 0.2) is 42.5 Å². The Morgan fingerprint density at radius 3 is 2.30 bits per heavy atom. The number of thiocarbonyl (C=S) groups is 1. The number of hydrogen-bond acceptors (Lipinski definition) is 1. The molecule has 0 spiro atoms. The molecule has 0 saturated heterocycles. The molecule has 2 N–H and O–H groups in total. The molecule has 0 heterocycles. The van der Waals surface area contributed by atoms with Crippen molar-refractivity contribution >= 4 is 40.3 Å². The second kappa shape index (κ2) is 7.19. The quantitative estimate of drug-likeness (QED) is 0.685. The van der Waals surface area contributed by atoms with Crippen molar-refractivity contribution in [1.29, 1.82) is 0 Å². The minimum absolute atomic E-state index is 0.0110. The van der Waals surface area contributed by atoms with Gasteiger partial charge in [-0.15, -0.1) is 0 Å². The largest absolute Gasteiger partial charge is 0.418 e. The number of hydrogen-bond donors (Lipinski definition) is 2. The summed E-state index contributed by atoms with van der Waals surface area (Å²) >= 11 is 10.7. The average molecular weight is 359 g/mol. The molecule has 2 rings (SSSR count). The third-order valence-corrected chi connectivity index (χ3v) is 3.59. The number of alkyl halides is 3. The fraction of sp³-hybridized carbons (Fsp3) is 0.188. The molecule has 122 valence electrons. The number of halogens is 4. The maximum Gasteiger partial charge on any atom is 0.418 e. The summed E-state index contributed by atoms with van der Waals surface area (Å²) in [6, 6.07) is 11.0. The molecule has 0 aromatic heterocycles. The normalized spacial score (nSPS) is 11.2. The Hall–Kier alpha value is -1.79. The van der Waals surface area contributed by atoms with Gasteiger partial charge in [-0.1, -0.05) is 30.7 Å². The highest BCUT2D eigenvalue weighted by molar-refractivity contribution is 7.80. The molecular formula is C16H14ClF3N2S. The van der Waals surface area contributed by atoms with Gasteiger partial charge in [-0.2, -0.15) is 13.2 Å². The van der Waals surface area contributed by atoms with E-state index in [2.05, 4.69) is 10.6 Å². The van der Waals surface area contributed by atoms with Crippen LogP contribution in [0, 0.1) is 0 Å². The fourth-order valence-electron chi connectivity index (χ4n) is 1.97. The first kappa shape index (κ1) is 17.6. The first-order valence-electron chi connectivity index (χ1n) is 6.83. The van der Waals surface area contributed by atoms with Gasteiger partial charge in [0.2, 0.25) is 0 Å². The summed E-state index contributed by atoms with van der Waals surface area (Å²) in [5.41, 5.74) is 0.841. The van der Waals surface area contributed by atoms with E-state index in [0.29, 0.717) is 5.69 Å². The van der Waals surface area contributed by atoms with E-state index in [4.69, 9.17) is 23.8 Å². The van der Waals surface area contributed by atoms with Crippen molar-refractivity contribution in [2.75, 3.05) is 10.6 Å². The smallest absolute Gasteiger partial charge is 0.332 e. The van der Waals surface area contributed by atoms with Gasteiger partial charge in [0.15, 0.2) is 5.11 Å². The van der Waals surface area contributed by atoms with E-state index in [9.17, 15) is 13.2 Å². The fourth-order valence-corrected chi connectivity index (χ4v) is 2.37. The highest BCUT2D eigenvalue weighted by Crippen LogP contribution is 2.36. The molecule has 0 aliphatic heterocycles. The molecule has 0 aliphatic carbocycles. The van der Waals surface area contributed by atoms with Crippen LogP contribution in [0.4, 0.5) is 24.5 Å². The molecule has 7 heteroatoms. The van der Waals surface area contributed by atoms with Crippen LogP contribution in [0.1, 0.15) is 18.1 Å². The van der Waals surface area contributed by atoms with Crippen molar-refractivity contribution in [2.24, 2.45) is 0 Å². The van der Waals surface area contributed by atoms with Crippen LogP contribution >= 0.6 is 23.8 Å². The van der Waals surface area contributed by atoms with E-state index in [-0.39, 0.29) is 15.8 Å². The summed E-state index contributed by atoms with van der Waals surface area (Å²) in [7, 11) is 0. The summed E-state index contributed by atoms with van der Waals surface area (Å²) in [6.45, 7) is 2.04. The number of rotatable bonds is 3. The van der Waals surface area contributed by atoms with Crippen molar-refractivity contribution in [2.45, 2.75) is 19.5 Å². The summed E-state index contributed by atoms with van der Waals surface area (Å²) < 4.78 is 39.1. The van der Waals surface area contributed by atoms with Gasteiger partial charge in [0.1, 0.15) is 0 Å². The Morgan fingerprint density at radius 2 is 1.74 bits per heavy atom. The van der Waals surface area contributed by atoms with E-state index in [1.165, 1.54) is 12.1 Å². The van der Waals surface area contributed by atoms with Crippen LogP contribution in [0.25, 0.3) is 0 Å². The molecule has 0 saturated carbocycles. The lowest BCUT2D eigenvalue weighted by atomic mass is 10.1. The SMILES string of the molecule is CCc1ccc(NC(=S)Nc2ccc(Cl)cc2C(F)(F)F)cc1. The highest BCUT2D eigenvalue weighted by atomic mass is 35.5.